The van der Waals surface area contributed by atoms with E-state index in [0.717, 1.165) is 0 Å². The molecule has 2 amide bonds. The molecule has 2 aromatic carbocycles. The van der Waals surface area contributed by atoms with Gasteiger partial charge in [0, 0.05) is 12.2 Å². The van der Waals surface area contributed by atoms with Gasteiger partial charge in [-0.05, 0) is 35.9 Å². The van der Waals surface area contributed by atoms with Crippen molar-refractivity contribution in [2.75, 3.05) is 12.1 Å². The van der Waals surface area contributed by atoms with Gasteiger partial charge in [0.2, 0.25) is 6.79 Å². The Morgan fingerprint density at radius 1 is 0.833 bits per heavy atom. The molecule has 30 heavy (non-hydrogen) atoms. The molecule has 1 aliphatic rings. The highest BCUT2D eigenvalue weighted by Gasteiger charge is 2.37. The van der Waals surface area contributed by atoms with Gasteiger partial charge in [-0.2, -0.15) is 26.3 Å². The van der Waals surface area contributed by atoms with E-state index in [1.807, 2.05) is 0 Å². The van der Waals surface area contributed by atoms with Gasteiger partial charge in [-0.1, -0.05) is 6.07 Å². The number of halogens is 6. The van der Waals surface area contributed by atoms with Crippen molar-refractivity contribution in [2.45, 2.75) is 18.9 Å². The number of benzene rings is 2. The molecule has 0 spiro atoms. The number of hydrogen-bond donors (Lipinski definition) is 2. The van der Waals surface area contributed by atoms with Gasteiger partial charge in [-0.25, -0.2) is 0 Å². The Labute approximate surface area is 164 Å². The summed E-state index contributed by atoms with van der Waals surface area (Å²) in [5.41, 5.74) is -3.53. The smallest absolute Gasteiger partial charge is 0.416 e. The van der Waals surface area contributed by atoms with Gasteiger partial charge in [-0.15, -0.1) is 0 Å². The number of anilines is 1. The average molecular weight is 434 g/mol. The highest BCUT2D eigenvalue weighted by Crippen LogP contribution is 2.37. The van der Waals surface area contributed by atoms with Crippen molar-refractivity contribution < 1.29 is 45.4 Å². The fraction of sp³-hybridized carbons (Fsp3) is 0.222. The van der Waals surface area contributed by atoms with E-state index in [1.54, 1.807) is 23.5 Å². The molecule has 0 bridgehead atoms. The standard InChI is InChI=1S/C18H12F6N2O4/c19-17(20,21)10-4-11(18(22,23)24)6-12(5-10)26-16(28)15(27)25-7-9-1-2-13-14(3-9)30-8-29-13/h1-6H,7-8H2,(H,25,27)(H,26,28). The minimum Gasteiger partial charge on any atom is -0.454 e. The summed E-state index contributed by atoms with van der Waals surface area (Å²) in [6.45, 7) is -0.107. The predicted molar refractivity (Wildman–Crippen MR) is 89.5 cm³/mol. The molecule has 1 heterocycles. The molecule has 0 aliphatic carbocycles. The van der Waals surface area contributed by atoms with Gasteiger partial charge in [0.25, 0.3) is 0 Å². The Morgan fingerprint density at radius 2 is 1.43 bits per heavy atom. The van der Waals surface area contributed by atoms with Crippen molar-refractivity contribution in [3.05, 3.63) is 53.1 Å². The Morgan fingerprint density at radius 3 is 2.03 bits per heavy atom. The van der Waals surface area contributed by atoms with Crippen LogP contribution in [0.4, 0.5) is 32.0 Å². The van der Waals surface area contributed by atoms with Crippen molar-refractivity contribution in [1.82, 2.24) is 5.32 Å². The van der Waals surface area contributed by atoms with E-state index < -0.39 is 41.0 Å². The molecule has 0 radical (unpaired) electrons. The van der Waals surface area contributed by atoms with Gasteiger partial charge in [0.1, 0.15) is 0 Å². The quantitative estimate of drug-likeness (QED) is 0.571. The maximum absolute atomic E-state index is 12.9. The van der Waals surface area contributed by atoms with E-state index in [0.29, 0.717) is 29.2 Å². The van der Waals surface area contributed by atoms with Crippen molar-refractivity contribution >= 4 is 17.5 Å². The summed E-state index contributed by atoms with van der Waals surface area (Å²) < 4.78 is 87.4. The minimum absolute atomic E-state index is 0.0322. The first-order valence-corrected chi connectivity index (χ1v) is 8.20. The molecule has 0 atom stereocenters. The predicted octanol–water partition coefficient (Wildman–Crippen LogP) is 3.71. The zero-order valence-electron chi connectivity index (χ0n) is 14.8. The van der Waals surface area contributed by atoms with Crippen LogP contribution in [0.2, 0.25) is 0 Å². The monoisotopic (exact) mass is 434 g/mol. The van der Waals surface area contributed by atoms with Gasteiger partial charge in [0.05, 0.1) is 11.1 Å². The van der Waals surface area contributed by atoms with Gasteiger partial charge >= 0.3 is 24.2 Å². The Hall–Kier alpha value is -3.44. The summed E-state index contributed by atoms with van der Waals surface area (Å²) in [5.74, 6) is -1.76. The molecule has 0 saturated carbocycles. The van der Waals surface area contributed by atoms with E-state index in [2.05, 4.69) is 5.32 Å². The lowest BCUT2D eigenvalue weighted by atomic mass is 10.1. The molecule has 0 aromatic heterocycles. The average Bonchev–Trinajstić information content (AvgIpc) is 3.12. The second-order valence-electron chi connectivity index (χ2n) is 6.12. The van der Waals surface area contributed by atoms with Crippen molar-refractivity contribution in [2.24, 2.45) is 0 Å². The molecule has 3 rings (SSSR count). The number of carbonyl (C=O) groups excluding carboxylic acids is 2. The Bertz CT molecular complexity index is 955. The highest BCUT2D eigenvalue weighted by molar-refractivity contribution is 6.39. The Balaban J connectivity index is 1.69. The van der Waals surface area contributed by atoms with Crippen LogP contribution in [-0.4, -0.2) is 18.6 Å². The first kappa shape index (κ1) is 21.3. The molecule has 2 N–H and O–H groups in total. The molecule has 1 aliphatic heterocycles. The molecule has 2 aromatic rings. The topological polar surface area (TPSA) is 76.7 Å². The van der Waals surface area contributed by atoms with Crippen molar-refractivity contribution in [3.8, 4) is 11.5 Å². The first-order chi connectivity index (χ1) is 13.9. The molecule has 160 valence electrons. The van der Waals surface area contributed by atoms with Gasteiger partial charge < -0.3 is 20.1 Å². The third-order valence-corrected chi connectivity index (χ3v) is 3.94. The summed E-state index contributed by atoms with van der Waals surface area (Å²) >= 11 is 0. The number of nitrogens with one attached hydrogen (secondary N) is 2. The molecule has 12 heteroatoms. The molecule has 0 saturated heterocycles. The maximum atomic E-state index is 12.9. The number of carbonyl (C=O) groups is 2. The summed E-state index contributed by atoms with van der Waals surface area (Å²) in [5, 5.41) is 3.96. The summed E-state index contributed by atoms with van der Waals surface area (Å²) in [6.07, 6.45) is -10.2. The normalized spacial score (nSPS) is 13.1. The van der Waals surface area contributed by atoms with E-state index in [1.165, 1.54) is 0 Å². The minimum atomic E-state index is -5.08. The van der Waals surface area contributed by atoms with Crippen LogP contribution in [-0.2, 0) is 28.5 Å². The van der Waals surface area contributed by atoms with Crippen LogP contribution in [0.3, 0.4) is 0 Å². The van der Waals surface area contributed by atoms with Gasteiger partial charge in [0.15, 0.2) is 11.5 Å². The summed E-state index contributed by atoms with van der Waals surface area (Å²) in [4.78, 5) is 23.8. The second kappa shape index (κ2) is 7.76. The molecule has 0 unspecified atom stereocenters. The lowest BCUT2D eigenvalue weighted by Gasteiger charge is -2.14. The van der Waals surface area contributed by atoms with E-state index >= 15 is 0 Å². The second-order valence-corrected chi connectivity index (χ2v) is 6.12. The van der Waals surface area contributed by atoms with Gasteiger partial charge in [-0.3, -0.25) is 9.59 Å². The SMILES string of the molecule is O=C(NCc1ccc2c(c1)OCO2)C(=O)Nc1cc(C(F)(F)F)cc(C(F)(F)F)c1. The van der Waals surface area contributed by atoms with Crippen LogP contribution in [0, 0.1) is 0 Å². The van der Waals surface area contributed by atoms with E-state index in [9.17, 15) is 35.9 Å². The number of ether oxygens (including phenoxy) is 2. The number of amides is 2. The fourth-order valence-electron chi connectivity index (χ4n) is 2.53. The highest BCUT2D eigenvalue weighted by atomic mass is 19.4. The molecule has 6 nitrogen and oxygen atoms in total. The van der Waals surface area contributed by atoms with Crippen LogP contribution < -0.4 is 20.1 Å². The molecule has 0 fully saturated rings. The maximum Gasteiger partial charge on any atom is 0.416 e. The number of fused-ring (bicyclic) bond motifs is 1. The molecular weight excluding hydrogens is 422 g/mol. The largest absolute Gasteiger partial charge is 0.454 e. The summed E-state index contributed by atoms with van der Waals surface area (Å²) in [7, 11) is 0. The lowest BCUT2D eigenvalue weighted by Crippen LogP contribution is -2.35. The lowest BCUT2D eigenvalue weighted by molar-refractivity contribution is -0.143. The Kier molecular flexibility index (Phi) is 5.51. The fourth-order valence-corrected chi connectivity index (χ4v) is 2.53. The van der Waals surface area contributed by atoms with Crippen molar-refractivity contribution in [1.29, 1.82) is 0 Å². The molecular formula is C18H12F6N2O4. The first-order valence-electron chi connectivity index (χ1n) is 8.20. The zero-order chi connectivity index (χ0) is 22.1. The van der Waals surface area contributed by atoms with Crippen LogP contribution >= 0.6 is 0 Å². The van der Waals surface area contributed by atoms with Crippen molar-refractivity contribution in [3.63, 3.8) is 0 Å². The van der Waals surface area contributed by atoms with E-state index in [-0.39, 0.29) is 19.4 Å². The zero-order valence-corrected chi connectivity index (χ0v) is 14.8. The number of rotatable bonds is 3. The third-order valence-electron chi connectivity index (χ3n) is 3.94. The number of hydrogen-bond acceptors (Lipinski definition) is 4. The van der Waals surface area contributed by atoms with E-state index in [4.69, 9.17) is 9.47 Å². The van der Waals surface area contributed by atoms with Crippen LogP contribution in [0.25, 0.3) is 0 Å². The van der Waals surface area contributed by atoms with Crippen LogP contribution in [0.1, 0.15) is 16.7 Å². The number of alkyl halides is 6. The third kappa shape index (κ3) is 4.93. The van der Waals surface area contributed by atoms with Crippen LogP contribution in [0.15, 0.2) is 36.4 Å². The summed E-state index contributed by atoms with van der Waals surface area (Å²) in [6, 6.07) is 5.22. The van der Waals surface area contributed by atoms with Crippen LogP contribution in [0.5, 0.6) is 11.5 Å².